The quantitative estimate of drug-likeness (QED) is 0.678. The molecule has 0 amide bonds. The summed E-state index contributed by atoms with van der Waals surface area (Å²) >= 11 is 0. The fourth-order valence-electron chi connectivity index (χ4n) is 0.880. The van der Waals surface area contributed by atoms with Crippen molar-refractivity contribution in [3.8, 4) is 0 Å². The number of nitrogens with one attached hydrogen (secondary N) is 1. The van der Waals surface area contributed by atoms with Gasteiger partial charge < -0.3 is 5.32 Å². The third-order valence-electron chi connectivity index (χ3n) is 1.83. The Morgan fingerprint density at radius 3 is 2.15 bits per heavy atom. The highest BCUT2D eigenvalue weighted by atomic mass is 16.1. The molecule has 0 saturated carbocycles. The molecule has 0 unspecified atom stereocenters. The van der Waals surface area contributed by atoms with Gasteiger partial charge in [0.05, 0.1) is 0 Å². The molecule has 2 heteroatoms. The van der Waals surface area contributed by atoms with E-state index in [1.807, 2.05) is 34.6 Å². The van der Waals surface area contributed by atoms with E-state index in [0.29, 0.717) is 0 Å². The van der Waals surface area contributed by atoms with Crippen LogP contribution in [0.15, 0.2) is 11.8 Å². The summed E-state index contributed by atoms with van der Waals surface area (Å²) < 4.78 is 0. The topological polar surface area (TPSA) is 29.1 Å². The van der Waals surface area contributed by atoms with Crippen molar-refractivity contribution in [3.63, 3.8) is 0 Å². The van der Waals surface area contributed by atoms with Gasteiger partial charge in [-0.15, -0.1) is 0 Å². The Morgan fingerprint density at radius 2 is 1.85 bits per heavy atom. The Bertz CT molecular complexity index is 199. The Balaban J connectivity index is 4.42. The SMILES string of the molecule is CCNC(=CC(=O)C(C)(C)C)CC. The number of rotatable bonds is 4. The van der Waals surface area contributed by atoms with Gasteiger partial charge in [0.25, 0.3) is 0 Å². The molecular formula is C11H21NO. The molecule has 0 aromatic heterocycles. The van der Waals surface area contributed by atoms with Crippen molar-refractivity contribution in [2.24, 2.45) is 5.41 Å². The molecule has 2 nitrogen and oxygen atoms in total. The lowest BCUT2D eigenvalue weighted by Crippen LogP contribution is -2.21. The van der Waals surface area contributed by atoms with Crippen LogP contribution in [0.4, 0.5) is 0 Å². The zero-order valence-electron chi connectivity index (χ0n) is 9.40. The first-order chi connectivity index (χ1) is 5.91. The molecule has 1 N–H and O–H groups in total. The maximum atomic E-state index is 11.6. The number of ketones is 1. The van der Waals surface area contributed by atoms with Crippen molar-refractivity contribution in [1.29, 1.82) is 0 Å². The number of carbonyl (C=O) groups is 1. The van der Waals surface area contributed by atoms with Crippen LogP contribution in [0, 0.1) is 5.41 Å². The monoisotopic (exact) mass is 183 g/mol. The van der Waals surface area contributed by atoms with E-state index in [0.717, 1.165) is 18.7 Å². The molecule has 0 saturated heterocycles. The maximum absolute atomic E-state index is 11.6. The van der Waals surface area contributed by atoms with Crippen LogP contribution >= 0.6 is 0 Å². The molecule has 0 atom stereocenters. The second kappa shape index (κ2) is 5.05. The van der Waals surface area contributed by atoms with Gasteiger partial charge in [0.1, 0.15) is 0 Å². The van der Waals surface area contributed by atoms with E-state index in [1.165, 1.54) is 0 Å². The van der Waals surface area contributed by atoms with E-state index in [4.69, 9.17) is 0 Å². The molecule has 0 spiro atoms. The van der Waals surface area contributed by atoms with Crippen LogP contribution < -0.4 is 5.32 Å². The van der Waals surface area contributed by atoms with E-state index in [1.54, 1.807) is 6.08 Å². The van der Waals surface area contributed by atoms with Gasteiger partial charge in [0.15, 0.2) is 5.78 Å². The predicted octanol–water partition coefficient (Wildman–Crippen LogP) is 2.51. The standard InChI is InChI=1S/C11H21NO/c1-6-9(12-7-2)8-10(13)11(3,4)5/h8,12H,6-7H2,1-5H3. The highest BCUT2D eigenvalue weighted by molar-refractivity contribution is 5.94. The van der Waals surface area contributed by atoms with Gasteiger partial charge in [-0.2, -0.15) is 0 Å². The maximum Gasteiger partial charge on any atom is 0.162 e. The zero-order valence-corrected chi connectivity index (χ0v) is 9.40. The summed E-state index contributed by atoms with van der Waals surface area (Å²) in [4.78, 5) is 11.6. The van der Waals surface area contributed by atoms with Crippen molar-refractivity contribution >= 4 is 5.78 Å². The molecule has 0 fully saturated rings. The first kappa shape index (κ1) is 12.2. The minimum atomic E-state index is -0.268. The molecule has 0 aliphatic carbocycles. The number of hydrogen-bond donors (Lipinski definition) is 1. The molecule has 0 radical (unpaired) electrons. The van der Waals surface area contributed by atoms with Gasteiger partial charge in [0, 0.05) is 23.7 Å². The van der Waals surface area contributed by atoms with E-state index in [2.05, 4.69) is 5.32 Å². The molecule has 0 aliphatic rings. The van der Waals surface area contributed by atoms with E-state index < -0.39 is 0 Å². The van der Waals surface area contributed by atoms with Gasteiger partial charge >= 0.3 is 0 Å². The van der Waals surface area contributed by atoms with Crippen molar-refractivity contribution < 1.29 is 4.79 Å². The molecule has 0 bridgehead atoms. The highest BCUT2D eigenvalue weighted by Gasteiger charge is 2.18. The lowest BCUT2D eigenvalue weighted by Gasteiger charge is -2.15. The van der Waals surface area contributed by atoms with Crippen molar-refractivity contribution in [1.82, 2.24) is 5.32 Å². The largest absolute Gasteiger partial charge is 0.389 e. The molecule has 0 aromatic rings. The van der Waals surface area contributed by atoms with Gasteiger partial charge in [-0.3, -0.25) is 4.79 Å². The normalized spacial score (nSPS) is 12.8. The summed E-state index contributed by atoms with van der Waals surface area (Å²) in [7, 11) is 0. The first-order valence-corrected chi connectivity index (χ1v) is 4.90. The van der Waals surface area contributed by atoms with E-state index in [9.17, 15) is 4.79 Å². The molecule has 0 rings (SSSR count). The number of hydrogen-bond acceptors (Lipinski definition) is 2. The average molecular weight is 183 g/mol. The minimum absolute atomic E-state index is 0.185. The predicted molar refractivity (Wildman–Crippen MR) is 56.5 cm³/mol. The van der Waals surface area contributed by atoms with Gasteiger partial charge in [-0.05, 0) is 13.3 Å². The van der Waals surface area contributed by atoms with Crippen LogP contribution in [0.2, 0.25) is 0 Å². The van der Waals surface area contributed by atoms with E-state index in [-0.39, 0.29) is 11.2 Å². The molecule has 13 heavy (non-hydrogen) atoms. The molecule has 76 valence electrons. The Labute approximate surface area is 81.4 Å². The molecule has 0 aliphatic heterocycles. The van der Waals surface area contributed by atoms with Crippen LogP contribution in [0.25, 0.3) is 0 Å². The third kappa shape index (κ3) is 4.71. The van der Waals surface area contributed by atoms with Gasteiger partial charge in [-0.25, -0.2) is 0 Å². The molecule has 0 heterocycles. The van der Waals surface area contributed by atoms with Crippen LogP contribution in [0.5, 0.6) is 0 Å². The van der Waals surface area contributed by atoms with Crippen LogP contribution in [0.3, 0.4) is 0 Å². The van der Waals surface area contributed by atoms with Crippen LogP contribution in [-0.4, -0.2) is 12.3 Å². The number of carbonyl (C=O) groups excluding carboxylic acids is 1. The second-order valence-corrected chi connectivity index (χ2v) is 4.17. The Morgan fingerprint density at radius 1 is 1.31 bits per heavy atom. The summed E-state index contributed by atoms with van der Waals surface area (Å²) in [6.45, 7) is 10.8. The van der Waals surface area contributed by atoms with Crippen molar-refractivity contribution in [2.75, 3.05) is 6.54 Å². The number of allylic oxidation sites excluding steroid dienone is 2. The fraction of sp³-hybridized carbons (Fsp3) is 0.727. The van der Waals surface area contributed by atoms with Crippen molar-refractivity contribution in [3.05, 3.63) is 11.8 Å². The summed E-state index contributed by atoms with van der Waals surface area (Å²) in [6.07, 6.45) is 2.61. The summed E-state index contributed by atoms with van der Waals surface area (Å²) in [6, 6.07) is 0. The lowest BCUT2D eigenvalue weighted by molar-refractivity contribution is -0.121. The van der Waals surface area contributed by atoms with Gasteiger partial charge in [-0.1, -0.05) is 27.7 Å². The minimum Gasteiger partial charge on any atom is -0.389 e. The summed E-state index contributed by atoms with van der Waals surface area (Å²) in [5.74, 6) is 0.185. The zero-order chi connectivity index (χ0) is 10.5. The van der Waals surface area contributed by atoms with Crippen LogP contribution in [-0.2, 0) is 4.79 Å². The Kier molecular flexibility index (Phi) is 4.74. The summed E-state index contributed by atoms with van der Waals surface area (Å²) in [5.41, 5.74) is 0.762. The second-order valence-electron chi connectivity index (χ2n) is 4.17. The lowest BCUT2D eigenvalue weighted by atomic mass is 9.90. The first-order valence-electron chi connectivity index (χ1n) is 4.90. The van der Waals surface area contributed by atoms with Gasteiger partial charge in [0.2, 0.25) is 0 Å². The molecule has 0 aromatic carbocycles. The smallest absolute Gasteiger partial charge is 0.162 e. The summed E-state index contributed by atoms with van der Waals surface area (Å²) in [5, 5.41) is 3.18. The highest BCUT2D eigenvalue weighted by Crippen LogP contribution is 2.16. The Hall–Kier alpha value is -0.790. The fourth-order valence-corrected chi connectivity index (χ4v) is 0.880. The van der Waals surface area contributed by atoms with Crippen LogP contribution in [0.1, 0.15) is 41.0 Å². The average Bonchev–Trinajstić information content (AvgIpc) is 2.01. The van der Waals surface area contributed by atoms with Crippen molar-refractivity contribution in [2.45, 2.75) is 41.0 Å². The molecular weight excluding hydrogens is 162 g/mol. The third-order valence-corrected chi connectivity index (χ3v) is 1.83. The van der Waals surface area contributed by atoms with E-state index >= 15 is 0 Å².